The maximum Gasteiger partial charge on any atom is 0.230 e. The molecular formula is C20H23ClN2O2S. The van der Waals surface area contributed by atoms with E-state index in [4.69, 9.17) is 16.3 Å². The molecule has 0 radical (unpaired) electrons. The third-order valence-corrected chi connectivity index (χ3v) is 5.73. The predicted octanol–water partition coefficient (Wildman–Crippen LogP) is 3.58. The highest BCUT2D eigenvalue weighted by Gasteiger charge is 2.10. The zero-order valence-corrected chi connectivity index (χ0v) is 16.2. The Labute approximate surface area is 163 Å². The van der Waals surface area contributed by atoms with E-state index in [0.29, 0.717) is 17.3 Å². The Hall–Kier alpha value is -1.53. The van der Waals surface area contributed by atoms with Crippen molar-refractivity contribution in [3.63, 3.8) is 0 Å². The lowest BCUT2D eigenvalue weighted by Crippen LogP contribution is -2.35. The van der Waals surface area contributed by atoms with E-state index in [1.54, 1.807) is 0 Å². The fourth-order valence-electron chi connectivity index (χ4n) is 2.74. The Kier molecular flexibility index (Phi) is 7.38. The monoisotopic (exact) mass is 390 g/mol. The van der Waals surface area contributed by atoms with Crippen LogP contribution in [0, 0.1) is 0 Å². The normalized spacial score (nSPS) is 15.0. The first-order valence-electron chi connectivity index (χ1n) is 8.72. The molecule has 0 spiro atoms. The third-order valence-electron chi connectivity index (χ3n) is 4.22. The van der Waals surface area contributed by atoms with Crippen LogP contribution in [0.15, 0.2) is 53.4 Å². The van der Waals surface area contributed by atoms with Gasteiger partial charge in [0.25, 0.3) is 0 Å². The van der Waals surface area contributed by atoms with Crippen molar-refractivity contribution < 1.29 is 9.53 Å². The molecule has 0 saturated carbocycles. The predicted molar refractivity (Wildman–Crippen MR) is 107 cm³/mol. The quantitative estimate of drug-likeness (QED) is 0.734. The van der Waals surface area contributed by atoms with Gasteiger partial charge in [-0.3, -0.25) is 9.69 Å². The maximum atomic E-state index is 12.0. The van der Waals surface area contributed by atoms with Crippen LogP contribution in [-0.4, -0.2) is 42.9 Å². The number of halogens is 1. The van der Waals surface area contributed by atoms with Gasteiger partial charge in [-0.2, -0.15) is 0 Å². The number of carbonyl (C=O) groups is 1. The second-order valence-corrected chi connectivity index (χ2v) is 7.63. The van der Waals surface area contributed by atoms with E-state index in [1.807, 2.05) is 24.3 Å². The van der Waals surface area contributed by atoms with Gasteiger partial charge in [0.05, 0.1) is 24.0 Å². The van der Waals surface area contributed by atoms with Crippen LogP contribution < -0.4 is 5.32 Å². The fourth-order valence-corrected chi connectivity index (χ4v) is 3.81. The standard InChI is InChI=1S/C20H23ClN2O2S/c21-18-3-1-2-4-19(18)26-15-20(24)22-13-16-5-7-17(8-6-16)14-23-9-11-25-12-10-23/h1-8H,9-15H2,(H,22,24). The van der Waals surface area contributed by atoms with Gasteiger partial charge in [0, 0.05) is 31.1 Å². The zero-order chi connectivity index (χ0) is 18.2. The summed E-state index contributed by atoms with van der Waals surface area (Å²) in [4.78, 5) is 15.4. The molecule has 138 valence electrons. The molecule has 3 rings (SSSR count). The highest BCUT2D eigenvalue weighted by molar-refractivity contribution is 8.00. The number of hydrogen-bond donors (Lipinski definition) is 1. The van der Waals surface area contributed by atoms with E-state index >= 15 is 0 Å². The second-order valence-electron chi connectivity index (χ2n) is 6.20. The number of ether oxygens (including phenoxy) is 1. The number of rotatable bonds is 7. The highest BCUT2D eigenvalue weighted by Crippen LogP contribution is 2.26. The van der Waals surface area contributed by atoms with Crippen LogP contribution in [0.3, 0.4) is 0 Å². The van der Waals surface area contributed by atoms with Crippen molar-refractivity contribution in [3.8, 4) is 0 Å². The Bertz CT molecular complexity index is 718. The minimum atomic E-state index is 0.00677. The number of hydrogen-bond acceptors (Lipinski definition) is 4. The first kappa shape index (κ1) is 19.2. The fraction of sp³-hybridized carbons (Fsp3) is 0.350. The first-order chi connectivity index (χ1) is 12.7. The molecule has 2 aromatic rings. The van der Waals surface area contributed by atoms with Crippen molar-refractivity contribution in [1.82, 2.24) is 10.2 Å². The van der Waals surface area contributed by atoms with Gasteiger partial charge in [-0.25, -0.2) is 0 Å². The van der Waals surface area contributed by atoms with Crippen LogP contribution in [-0.2, 0) is 22.6 Å². The van der Waals surface area contributed by atoms with Crippen LogP contribution in [0.5, 0.6) is 0 Å². The highest BCUT2D eigenvalue weighted by atomic mass is 35.5. The molecule has 1 saturated heterocycles. The number of amides is 1. The lowest BCUT2D eigenvalue weighted by molar-refractivity contribution is -0.118. The SMILES string of the molecule is O=C(CSc1ccccc1Cl)NCc1ccc(CN2CCOCC2)cc1. The van der Waals surface area contributed by atoms with E-state index < -0.39 is 0 Å². The molecule has 6 heteroatoms. The topological polar surface area (TPSA) is 41.6 Å². The Morgan fingerprint density at radius 1 is 1.08 bits per heavy atom. The molecule has 1 aliphatic heterocycles. The van der Waals surface area contributed by atoms with Gasteiger partial charge in [0.2, 0.25) is 5.91 Å². The molecule has 0 atom stereocenters. The summed E-state index contributed by atoms with van der Waals surface area (Å²) >= 11 is 7.55. The Balaban J connectivity index is 1.41. The molecule has 0 unspecified atom stereocenters. The van der Waals surface area contributed by atoms with E-state index in [2.05, 4.69) is 34.5 Å². The number of nitrogens with one attached hydrogen (secondary N) is 1. The van der Waals surface area contributed by atoms with Crippen LogP contribution in [0.25, 0.3) is 0 Å². The average Bonchev–Trinajstić information content (AvgIpc) is 2.68. The molecule has 1 aliphatic rings. The summed E-state index contributed by atoms with van der Waals surface area (Å²) in [6.07, 6.45) is 0. The number of nitrogens with zero attached hydrogens (tertiary/aromatic N) is 1. The molecular weight excluding hydrogens is 368 g/mol. The van der Waals surface area contributed by atoms with Crippen LogP contribution in [0.1, 0.15) is 11.1 Å². The van der Waals surface area contributed by atoms with E-state index in [0.717, 1.165) is 43.3 Å². The maximum absolute atomic E-state index is 12.0. The molecule has 1 amide bonds. The smallest absolute Gasteiger partial charge is 0.230 e. The minimum absolute atomic E-state index is 0.00677. The Morgan fingerprint density at radius 3 is 2.50 bits per heavy atom. The lowest BCUT2D eigenvalue weighted by atomic mass is 10.1. The number of thioether (sulfide) groups is 1. The average molecular weight is 391 g/mol. The van der Waals surface area contributed by atoms with E-state index in [9.17, 15) is 4.79 Å². The molecule has 1 N–H and O–H groups in total. The summed E-state index contributed by atoms with van der Waals surface area (Å²) in [5, 5.41) is 3.64. The van der Waals surface area contributed by atoms with Crippen molar-refractivity contribution >= 4 is 29.3 Å². The molecule has 1 heterocycles. The van der Waals surface area contributed by atoms with E-state index in [-0.39, 0.29) is 5.91 Å². The lowest BCUT2D eigenvalue weighted by Gasteiger charge is -2.26. The van der Waals surface area contributed by atoms with Gasteiger partial charge in [-0.15, -0.1) is 11.8 Å². The summed E-state index contributed by atoms with van der Waals surface area (Å²) in [6.45, 7) is 5.10. The van der Waals surface area contributed by atoms with Crippen LogP contribution in [0.2, 0.25) is 5.02 Å². The summed E-state index contributed by atoms with van der Waals surface area (Å²) in [6, 6.07) is 16.0. The molecule has 1 fully saturated rings. The summed E-state index contributed by atoms with van der Waals surface area (Å²) < 4.78 is 5.37. The van der Waals surface area contributed by atoms with Crippen LogP contribution in [0.4, 0.5) is 0 Å². The summed E-state index contributed by atoms with van der Waals surface area (Å²) in [5.41, 5.74) is 2.39. The molecule has 0 bridgehead atoms. The number of benzene rings is 2. The van der Waals surface area contributed by atoms with Crippen LogP contribution >= 0.6 is 23.4 Å². The molecule has 4 nitrogen and oxygen atoms in total. The largest absolute Gasteiger partial charge is 0.379 e. The molecule has 0 aliphatic carbocycles. The van der Waals surface area contributed by atoms with E-state index in [1.165, 1.54) is 17.3 Å². The first-order valence-corrected chi connectivity index (χ1v) is 10.1. The minimum Gasteiger partial charge on any atom is -0.379 e. The summed E-state index contributed by atoms with van der Waals surface area (Å²) in [5.74, 6) is 0.367. The molecule has 0 aromatic heterocycles. The van der Waals surface area contributed by atoms with Crippen molar-refractivity contribution in [2.45, 2.75) is 18.0 Å². The van der Waals surface area contributed by atoms with Crippen molar-refractivity contribution in [2.24, 2.45) is 0 Å². The Morgan fingerprint density at radius 2 is 1.77 bits per heavy atom. The van der Waals surface area contributed by atoms with Crippen molar-refractivity contribution in [2.75, 3.05) is 32.1 Å². The zero-order valence-electron chi connectivity index (χ0n) is 14.6. The van der Waals surface area contributed by atoms with Gasteiger partial charge < -0.3 is 10.1 Å². The number of carbonyl (C=O) groups excluding carboxylic acids is 1. The van der Waals surface area contributed by atoms with Gasteiger partial charge in [-0.05, 0) is 23.3 Å². The van der Waals surface area contributed by atoms with Gasteiger partial charge in [0.15, 0.2) is 0 Å². The molecule has 2 aromatic carbocycles. The van der Waals surface area contributed by atoms with Crippen molar-refractivity contribution in [3.05, 3.63) is 64.7 Å². The van der Waals surface area contributed by atoms with Crippen molar-refractivity contribution in [1.29, 1.82) is 0 Å². The third kappa shape index (κ3) is 6.02. The second kappa shape index (κ2) is 9.97. The van der Waals surface area contributed by atoms with Gasteiger partial charge in [-0.1, -0.05) is 48.0 Å². The van der Waals surface area contributed by atoms with Gasteiger partial charge in [0.1, 0.15) is 0 Å². The molecule has 26 heavy (non-hydrogen) atoms. The summed E-state index contributed by atoms with van der Waals surface area (Å²) in [7, 11) is 0. The number of morpholine rings is 1. The van der Waals surface area contributed by atoms with Gasteiger partial charge >= 0.3 is 0 Å².